The lowest BCUT2D eigenvalue weighted by atomic mass is 10.0. The number of piperidine rings is 1. The lowest BCUT2D eigenvalue weighted by Crippen LogP contribution is -2.40. The number of ether oxygens (including phenoxy) is 1. The van der Waals surface area contributed by atoms with E-state index in [1.807, 2.05) is 42.5 Å². The number of hydrogen-bond donors (Lipinski definition) is 2. The fraction of sp³-hybridized carbons (Fsp3) is 0.435. The quantitative estimate of drug-likeness (QED) is 0.581. The summed E-state index contributed by atoms with van der Waals surface area (Å²) in [6.07, 6.45) is 4.77. The minimum absolute atomic E-state index is 0. The van der Waals surface area contributed by atoms with Crippen LogP contribution in [0.25, 0.3) is 0 Å². The zero-order valence-corrected chi connectivity index (χ0v) is 19.1. The Hall–Kier alpha value is -1.95. The number of likely N-dealkylation sites (tertiary alicyclic amines) is 1. The smallest absolute Gasteiger partial charge is 0.220 e. The Bertz CT molecular complexity index is 783. The summed E-state index contributed by atoms with van der Waals surface area (Å²) in [5.74, 6) is 0.935. The van der Waals surface area contributed by atoms with Gasteiger partial charge in [-0.3, -0.25) is 9.69 Å². The van der Waals surface area contributed by atoms with Crippen molar-refractivity contribution in [1.29, 1.82) is 0 Å². The van der Waals surface area contributed by atoms with Gasteiger partial charge in [0.1, 0.15) is 5.75 Å². The molecule has 0 saturated carbocycles. The molecule has 30 heavy (non-hydrogen) atoms. The fourth-order valence-electron chi connectivity index (χ4n) is 3.92. The number of amides is 1. The number of benzene rings is 2. The molecular weight excluding hydrogens is 421 g/mol. The Morgan fingerprint density at radius 2 is 1.73 bits per heavy atom. The van der Waals surface area contributed by atoms with Crippen molar-refractivity contribution in [2.75, 3.05) is 32.5 Å². The van der Waals surface area contributed by atoms with Crippen LogP contribution in [0.1, 0.15) is 42.9 Å². The molecule has 0 aliphatic carbocycles. The Labute approximate surface area is 192 Å². The van der Waals surface area contributed by atoms with E-state index in [-0.39, 0.29) is 36.8 Å². The number of anilines is 1. The predicted molar refractivity (Wildman–Crippen MR) is 128 cm³/mol. The number of nitrogens with one attached hydrogen (secondary N) is 1. The maximum atomic E-state index is 12.5. The van der Waals surface area contributed by atoms with Crippen LogP contribution in [-0.2, 0) is 11.2 Å². The topological polar surface area (TPSA) is 67.6 Å². The highest BCUT2D eigenvalue weighted by Crippen LogP contribution is 2.30. The van der Waals surface area contributed by atoms with Crippen LogP contribution in [0.2, 0.25) is 0 Å². The van der Waals surface area contributed by atoms with Gasteiger partial charge in [0, 0.05) is 24.2 Å². The van der Waals surface area contributed by atoms with E-state index in [0.717, 1.165) is 35.7 Å². The van der Waals surface area contributed by atoms with E-state index in [1.165, 1.54) is 19.3 Å². The molecule has 7 heteroatoms. The molecule has 1 saturated heterocycles. The molecule has 5 nitrogen and oxygen atoms in total. The number of halogens is 2. The zero-order chi connectivity index (χ0) is 19.8. The van der Waals surface area contributed by atoms with Gasteiger partial charge in [-0.15, -0.1) is 24.8 Å². The molecule has 1 aliphatic rings. The third-order valence-electron chi connectivity index (χ3n) is 5.50. The fourth-order valence-corrected chi connectivity index (χ4v) is 3.92. The summed E-state index contributed by atoms with van der Waals surface area (Å²) in [5.41, 5.74) is 8.89. The Morgan fingerprint density at radius 1 is 1.07 bits per heavy atom. The number of nitrogens with two attached hydrogens (primary N) is 1. The number of nitrogens with zero attached hydrogens (tertiary/aromatic N) is 1. The average Bonchev–Trinajstić information content (AvgIpc) is 2.74. The van der Waals surface area contributed by atoms with Crippen LogP contribution in [0.15, 0.2) is 48.5 Å². The van der Waals surface area contributed by atoms with E-state index in [1.54, 1.807) is 7.11 Å². The summed E-state index contributed by atoms with van der Waals surface area (Å²) in [7, 11) is 1.70. The van der Waals surface area contributed by atoms with Crippen LogP contribution in [0.3, 0.4) is 0 Å². The second-order valence-corrected chi connectivity index (χ2v) is 7.36. The summed E-state index contributed by atoms with van der Waals surface area (Å²) in [6.45, 7) is 2.70. The van der Waals surface area contributed by atoms with E-state index in [2.05, 4.69) is 16.3 Å². The largest absolute Gasteiger partial charge is 0.496 e. The first-order valence-corrected chi connectivity index (χ1v) is 10.2. The molecule has 0 radical (unpaired) electrons. The van der Waals surface area contributed by atoms with Gasteiger partial charge < -0.3 is 15.8 Å². The minimum atomic E-state index is 0. The highest BCUT2D eigenvalue weighted by atomic mass is 35.5. The molecule has 1 amide bonds. The van der Waals surface area contributed by atoms with Gasteiger partial charge in [-0.2, -0.15) is 0 Å². The monoisotopic (exact) mass is 453 g/mol. The third-order valence-corrected chi connectivity index (χ3v) is 5.50. The van der Waals surface area contributed by atoms with Crippen LogP contribution in [-0.4, -0.2) is 37.6 Å². The summed E-state index contributed by atoms with van der Waals surface area (Å²) in [4.78, 5) is 15.0. The van der Waals surface area contributed by atoms with Crippen molar-refractivity contribution in [2.45, 2.75) is 38.1 Å². The second-order valence-electron chi connectivity index (χ2n) is 7.36. The minimum Gasteiger partial charge on any atom is -0.496 e. The average molecular weight is 454 g/mol. The van der Waals surface area contributed by atoms with Gasteiger partial charge in [0.2, 0.25) is 5.91 Å². The van der Waals surface area contributed by atoms with E-state index in [9.17, 15) is 4.79 Å². The number of para-hydroxylation sites is 2. The number of aryl methyl sites for hydroxylation is 1. The molecule has 1 heterocycles. The van der Waals surface area contributed by atoms with Crippen molar-refractivity contribution in [3.05, 3.63) is 59.7 Å². The van der Waals surface area contributed by atoms with Crippen LogP contribution in [0.4, 0.5) is 5.69 Å². The molecule has 3 N–H and O–H groups in total. The highest BCUT2D eigenvalue weighted by Gasteiger charge is 2.25. The highest BCUT2D eigenvalue weighted by molar-refractivity contribution is 5.85. The summed E-state index contributed by atoms with van der Waals surface area (Å²) < 4.78 is 5.59. The van der Waals surface area contributed by atoms with Crippen molar-refractivity contribution >= 4 is 36.4 Å². The predicted octanol–water partition coefficient (Wildman–Crippen LogP) is 4.40. The van der Waals surface area contributed by atoms with Crippen LogP contribution >= 0.6 is 24.8 Å². The second kappa shape index (κ2) is 13.4. The SMILES string of the molecule is COc1ccccc1C(CNC(=O)CCc1ccccc1N)N1CCCCC1.Cl.Cl. The number of methoxy groups -OCH3 is 1. The Kier molecular flexibility index (Phi) is 11.6. The lowest BCUT2D eigenvalue weighted by molar-refractivity contribution is -0.121. The van der Waals surface area contributed by atoms with Gasteiger partial charge in [0.15, 0.2) is 0 Å². The molecule has 1 unspecified atom stereocenters. The van der Waals surface area contributed by atoms with Crippen molar-refractivity contribution in [2.24, 2.45) is 0 Å². The maximum Gasteiger partial charge on any atom is 0.220 e. The first kappa shape index (κ1) is 26.1. The standard InChI is InChI=1S/C23H31N3O2.2ClH/c1-28-22-12-6-4-10-19(22)21(26-15-7-2-8-16-26)17-25-23(27)14-13-18-9-3-5-11-20(18)24;;/h3-6,9-12,21H,2,7-8,13-17,24H2,1H3,(H,25,27);2*1H. The molecule has 3 rings (SSSR count). The van der Waals surface area contributed by atoms with Gasteiger partial charge in [0.25, 0.3) is 0 Å². The van der Waals surface area contributed by atoms with Crippen LogP contribution in [0, 0.1) is 0 Å². The van der Waals surface area contributed by atoms with Crippen molar-refractivity contribution in [3.8, 4) is 5.75 Å². The normalized spacial score (nSPS) is 14.7. The molecule has 0 bridgehead atoms. The molecule has 0 spiro atoms. The van der Waals surface area contributed by atoms with Crippen LogP contribution < -0.4 is 15.8 Å². The maximum absolute atomic E-state index is 12.5. The molecule has 0 aromatic heterocycles. The number of carbonyl (C=O) groups is 1. The van der Waals surface area contributed by atoms with Crippen molar-refractivity contribution < 1.29 is 9.53 Å². The van der Waals surface area contributed by atoms with Gasteiger partial charge >= 0.3 is 0 Å². The van der Waals surface area contributed by atoms with Gasteiger partial charge in [-0.1, -0.05) is 42.8 Å². The molecule has 2 aromatic carbocycles. The van der Waals surface area contributed by atoms with E-state index >= 15 is 0 Å². The molecule has 2 aromatic rings. The van der Waals surface area contributed by atoms with Crippen LogP contribution in [0.5, 0.6) is 5.75 Å². The third kappa shape index (κ3) is 7.08. The number of carbonyl (C=O) groups excluding carboxylic acids is 1. The molecular formula is C23H33Cl2N3O2. The van der Waals surface area contributed by atoms with Gasteiger partial charge in [0.05, 0.1) is 13.2 Å². The Morgan fingerprint density at radius 3 is 2.43 bits per heavy atom. The first-order chi connectivity index (χ1) is 13.7. The zero-order valence-electron chi connectivity index (χ0n) is 17.5. The van der Waals surface area contributed by atoms with E-state index in [4.69, 9.17) is 10.5 Å². The summed E-state index contributed by atoms with van der Waals surface area (Å²) >= 11 is 0. The lowest BCUT2D eigenvalue weighted by Gasteiger charge is -2.35. The Balaban J connectivity index is 0.00000225. The first-order valence-electron chi connectivity index (χ1n) is 10.2. The molecule has 1 atom stereocenters. The summed E-state index contributed by atoms with van der Waals surface area (Å²) in [5, 5.41) is 3.14. The number of hydrogen-bond acceptors (Lipinski definition) is 4. The number of nitrogen functional groups attached to an aromatic ring is 1. The summed E-state index contributed by atoms with van der Waals surface area (Å²) in [6, 6.07) is 16.0. The number of rotatable bonds is 8. The molecule has 166 valence electrons. The van der Waals surface area contributed by atoms with E-state index in [0.29, 0.717) is 19.4 Å². The molecule has 1 aliphatic heterocycles. The van der Waals surface area contributed by atoms with Crippen molar-refractivity contribution in [3.63, 3.8) is 0 Å². The van der Waals surface area contributed by atoms with Gasteiger partial charge in [-0.05, 0) is 50.0 Å². The van der Waals surface area contributed by atoms with Gasteiger partial charge in [-0.25, -0.2) is 0 Å². The molecule has 1 fully saturated rings. The van der Waals surface area contributed by atoms with Crippen molar-refractivity contribution in [1.82, 2.24) is 10.2 Å². The van der Waals surface area contributed by atoms with E-state index < -0.39 is 0 Å².